The number of likely N-dealkylation sites (tertiary alicyclic amines) is 1. The Morgan fingerprint density at radius 2 is 1.97 bits per heavy atom. The maximum Gasteiger partial charge on any atom is 0.319 e. The van der Waals surface area contributed by atoms with Gasteiger partial charge in [0.25, 0.3) is 0 Å². The van der Waals surface area contributed by atoms with Gasteiger partial charge in [0.15, 0.2) is 11.5 Å². The maximum atomic E-state index is 12.3. The van der Waals surface area contributed by atoms with Crippen molar-refractivity contribution in [3.63, 3.8) is 0 Å². The van der Waals surface area contributed by atoms with Crippen molar-refractivity contribution in [3.8, 4) is 17.2 Å². The molecule has 2 aromatic rings. The second kappa shape index (κ2) is 10.4. The van der Waals surface area contributed by atoms with Crippen LogP contribution in [0.5, 0.6) is 17.2 Å². The Kier molecular flexibility index (Phi) is 7.14. The molecule has 2 N–H and O–H groups in total. The number of piperidine rings is 1. The van der Waals surface area contributed by atoms with Crippen LogP contribution in [0.25, 0.3) is 0 Å². The summed E-state index contributed by atoms with van der Waals surface area (Å²) in [6.45, 7) is 7.02. The summed E-state index contributed by atoms with van der Waals surface area (Å²) in [5, 5.41) is 5.95. The smallest absolute Gasteiger partial charge is 0.319 e. The van der Waals surface area contributed by atoms with Gasteiger partial charge in [-0.25, -0.2) is 4.79 Å². The largest absolute Gasteiger partial charge is 0.489 e. The minimum atomic E-state index is -0.162. The van der Waals surface area contributed by atoms with Gasteiger partial charge in [-0.05, 0) is 74.6 Å². The molecule has 2 aliphatic rings. The van der Waals surface area contributed by atoms with Gasteiger partial charge in [0.05, 0.1) is 0 Å². The van der Waals surface area contributed by atoms with E-state index < -0.39 is 0 Å². The van der Waals surface area contributed by atoms with E-state index >= 15 is 0 Å². The number of fused-ring (bicyclic) bond motifs is 1. The lowest BCUT2D eigenvalue weighted by atomic mass is 9.97. The zero-order valence-electron chi connectivity index (χ0n) is 18.1. The summed E-state index contributed by atoms with van der Waals surface area (Å²) >= 11 is 0. The number of rotatable bonds is 8. The molecular weight excluding hydrogens is 394 g/mol. The first kappa shape index (κ1) is 21.3. The molecule has 0 radical (unpaired) electrons. The van der Waals surface area contributed by atoms with Crippen molar-refractivity contribution in [1.82, 2.24) is 10.2 Å². The summed E-state index contributed by atoms with van der Waals surface area (Å²) in [5.41, 5.74) is 1.72. The molecule has 0 saturated carbocycles. The van der Waals surface area contributed by atoms with Gasteiger partial charge in [-0.1, -0.05) is 19.1 Å². The van der Waals surface area contributed by atoms with Gasteiger partial charge in [0.2, 0.25) is 6.79 Å². The fraction of sp³-hybridized carbons (Fsp3) is 0.458. The average molecular weight is 426 g/mol. The molecule has 2 aliphatic heterocycles. The summed E-state index contributed by atoms with van der Waals surface area (Å²) in [5.74, 6) is 2.70. The van der Waals surface area contributed by atoms with Crippen molar-refractivity contribution in [2.24, 2.45) is 5.92 Å². The Morgan fingerprint density at radius 1 is 1.13 bits per heavy atom. The number of nitrogens with one attached hydrogen (secondary N) is 2. The quantitative estimate of drug-likeness (QED) is 0.662. The predicted octanol–water partition coefficient (Wildman–Crippen LogP) is 4.24. The van der Waals surface area contributed by atoms with Gasteiger partial charge in [0, 0.05) is 18.3 Å². The maximum absolute atomic E-state index is 12.3. The highest BCUT2D eigenvalue weighted by molar-refractivity contribution is 5.89. The van der Waals surface area contributed by atoms with E-state index in [-0.39, 0.29) is 12.8 Å². The molecule has 31 heavy (non-hydrogen) atoms. The third-order valence-corrected chi connectivity index (χ3v) is 5.73. The molecule has 0 spiro atoms. The molecule has 0 atom stereocenters. The molecule has 7 nitrogen and oxygen atoms in total. The number of benzene rings is 2. The van der Waals surface area contributed by atoms with Crippen LogP contribution in [0.15, 0.2) is 42.5 Å². The summed E-state index contributed by atoms with van der Waals surface area (Å²) in [4.78, 5) is 14.8. The number of urea groups is 1. The summed E-state index contributed by atoms with van der Waals surface area (Å²) in [6, 6.07) is 13.1. The molecule has 2 aromatic carbocycles. The van der Waals surface area contributed by atoms with Crippen LogP contribution in [-0.4, -0.2) is 43.9 Å². The second-order valence-electron chi connectivity index (χ2n) is 8.12. The molecule has 0 bridgehead atoms. The number of hydrogen-bond donors (Lipinski definition) is 2. The Hall–Kier alpha value is -2.93. The third kappa shape index (κ3) is 6.04. The first-order valence-corrected chi connectivity index (χ1v) is 11.1. The van der Waals surface area contributed by atoms with Crippen molar-refractivity contribution in [2.45, 2.75) is 32.8 Å². The van der Waals surface area contributed by atoms with Crippen molar-refractivity contribution in [3.05, 3.63) is 48.0 Å². The van der Waals surface area contributed by atoms with Gasteiger partial charge < -0.3 is 29.7 Å². The summed E-state index contributed by atoms with van der Waals surface area (Å²) in [7, 11) is 0. The number of ether oxygens (including phenoxy) is 3. The number of hydrogen-bond acceptors (Lipinski definition) is 5. The Labute approximate surface area is 183 Å². The fourth-order valence-corrected chi connectivity index (χ4v) is 4.01. The zero-order valence-corrected chi connectivity index (χ0v) is 18.1. The lowest BCUT2D eigenvalue weighted by Crippen LogP contribution is -2.40. The second-order valence-corrected chi connectivity index (χ2v) is 8.12. The Morgan fingerprint density at radius 3 is 2.81 bits per heavy atom. The lowest BCUT2D eigenvalue weighted by Gasteiger charge is -2.31. The van der Waals surface area contributed by atoms with Crippen LogP contribution in [0.2, 0.25) is 0 Å². The van der Waals surface area contributed by atoms with E-state index in [2.05, 4.69) is 22.5 Å². The minimum absolute atomic E-state index is 0.162. The fourth-order valence-electron chi connectivity index (χ4n) is 4.01. The third-order valence-electron chi connectivity index (χ3n) is 5.73. The monoisotopic (exact) mass is 425 g/mol. The van der Waals surface area contributed by atoms with E-state index in [9.17, 15) is 4.79 Å². The van der Waals surface area contributed by atoms with Crippen molar-refractivity contribution < 1.29 is 19.0 Å². The minimum Gasteiger partial charge on any atom is -0.489 e. The highest BCUT2D eigenvalue weighted by Gasteiger charge is 2.19. The van der Waals surface area contributed by atoms with Crippen LogP contribution in [0, 0.1) is 5.92 Å². The molecule has 1 saturated heterocycles. The normalized spacial score (nSPS) is 16.2. The number of amides is 2. The first-order chi connectivity index (χ1) is 15.2. The molecular formula is C24H31N3O4. The lowest BCUT2D eigenvalue weighted by molar-refractivity contribution is 0.173. The average Bonchev–Trinajstić information content (AvgIpc) is 3.26. The zero-order chi connectivity index (χ0) is 21.5. The molecule has 0 aromatic heterocycles. The van der Waals surface area contributed by atoms with E-state index in [4.69, 9.17) is 14.2 Å². The van der Waals surface area contributed by atoms with Gasteiger partial charge >= 0.3 is 6.03 Å². The molecule has 1 fully saturated rings. The van der Waals surface area contributed by atoms with Crippen LogP contribution in [0.1, 0.15) is 31.7 Å². The molecule has 0 unspecified atom stereocenters. The number of carbonyl (C=O) groups is 1. The SMILES string of the molecule is CCCN1CCC(CNC(=O)Nc2cccc(COc3ccc4c(c3)OCO4)c2)CC1. The van der Waals surface area contributed by atoms with E-state index in [1.54, 1.807) is 0 Å². The highest BCUT2D eigenvalue weighted by atomic mass is 16.7. The summed E-state index contributed by atoms with van der Waals surface area (Å²) in [6.07, 6.45) is 3.49. The molecule has 166 valence electrons. The topological polar surface area (TPSA) is 72.1 Å². The van der Waals surface area contributed by atoms with Crippen molar-refractivity contribution in [1.29, 1.82) is 0 Å². The van der Waals surface area contributed by atoms with Gasteiger partial charge in [-0.2, -0.15) is 0 Å². The molecule has 4 rings (SSSR count). The van der Waals surface area contributed by atoms with Gasteiger partial charge in [-0.15, -0.1) is 0 Å². The van der Waals surface area contributed by atoms with Crippen LogP contribution in [-0.2, 0) is 6.61 Å². The Bertz CT molecular complexity index is 881. The molecule has 2 heterocycles. The van der Waals surface area contributed by atoms with Crippen molar-refractivity contribution in [2.75, 3.05) is 38.3 Å². The molecule has 7 heteroatoms. The van der Waals surface area contributed by atoms with Crippen LogP contribution in [0.4, 0.5) is 10.5 Å². The summed E-state index contributed by atoms with van der Waals surface area (Å²) < 4.78 is 16.6. The Balaban J connectivity index is 1.21. The first-order valence-electron chi connectivity index (χ1n) is 11.1. The van der Waals surface area contributed by atoms with Gasteiger partial charge in [0.1, 0.15) is 12.4 Å². The van der Waals surface area contributed by atoms with Crippen LogP contribution in [0.3, 0.4) is 0 Å². The van der Waals surface area contributed by atoms with Gasteiger partial charge in [-0.3, -0.25) is 0 Å². The van der Waals surface area contributed by atoms with Crippen LogP contribution < -0.4 is 24.8 Å². The molecule has 2 amide bonds. The molecule has 0 aliphatic carbocycles. The van der Waals surface area contributed by atoms with Crippen LogP contribution >= 0.6 is 0 Å². The number of carbonyl (C=O) groups excluding carboxylic acids is 1. The van der Waals surface area contributed by atoms with E-state index in [1.165, 1.54) is 13.0 Å². The van der Waals surface area contributed by atoms with Crippen molar-refractivity contribution >= 4 is 11.7 Å². The predicted molar refractivity (Wildman–Crippen MR) is 120 cm³/mol. The number of anilines is 1. The van der Waals surface area contributed by atoms with E-state index in [1.807, 2.05) is 42.5 Å². The van der Waals surface area contributed by atoms with E-state index in [0.29, 0.717) is 24.0 Å². The standard InChI is InChI=1S/C24H31N3O4/c1-2-10-27-11-8-18(9-12-27)15-25-24(28)26-20-5-3-4-19(13-20)16-29-21-6-7-22-23(14-21)31-17-30-22/h3-7,13-14,18H,2,8-12,15-17H2,1H3,(H2,25,26,28). The number of nitrogens with zero attached hydrogens (tertiary/aromatic N) is 1. The van der Waals surface area contributed by atoms with E-state index in [0.717, 1.165) is 49.5 Å². The highest BCUT2D eigenvalue weighted by Crippen LogP contribution is 2.35.